The van der Waals surface area contributed by atoms with Crippen LogP contribution >= 0.6 is 0 Å². The first kappa shape index (κ1) is 11.1. The predicted octanol–water partition coefficient (Wildman–Crippen LogP) is 0.838. The van der Waals surface area contributed by atoms with Crippen LogP contribution in [-0.4, -0.2) is 33.2 Å². The first-order chi connectivity index (χ1) is 7.49. The molecule has 1 aliphatic heterocycles. The molecule has 16 heavy (non-hydrogen) atoms. The molecule has 2 N–H and O–H groups in total. The summed E-state index contributed by atoms with van der Waals surface area (Å²) in [5.74, 6) is -1.18. The summed E-state index contributed by atoms with van der Waals surface area (Å²) in [5, 5.41) is 18.5. The molecule has 0 saturated carbocycles. The molecule has 1 aliphatic rings. The third-order valence-electron chi connectivity index (χ3n) is 2.90. The predicted molar refractivity (Wildman–Crippen MR) is 58.8 cm³/mol. The van der Waals surface area contributed by atoms with Crippen LogP contribution in [0.25, 0.3) is 0 Å². The summed E-state index contributed by atoms with van der Waals surface area (Å²) in [6.45, 7) is 2.90. The molecule has 1 heterocycles. The normalized spacial score (nSPS) is 19.1. The molecule has 4 heteroatoms. The van der Waals surface area contributed by atoms with Gasteiger partial charge < -0.3 is 10.2 Å². The van der Waals surface area contributed by atoms with E-state index in [9.17, 15) is 9.90 Å². The van der Waals surface area contributed by atoms with Gasteiger partial charge in [0, 0.05) is 19.6 Å². The Labute approximate surface area is 94.1 Å². The first-order valence-electron chi connectivity index (χ1n) is 5.24. The van der Waals surface area contributed by atoms with Gasteiger partial charge in [0.15, 0.2) is 5.60 Å². The second kappa shape index (κ2) is 3.88. The lowest BCUT2D eigenvalue weighted by Gasteiger charge is -2.24. The molecule has 0 fully saturated rings. The molecule has 1 atom stereocenters. The number of carboxylic acids is 1. The maximum atomic E-state index is 10.8. The number of β-amino-alcohol motifs (C(OH)–C–C–N with tert-alkyl or cyclic N) is 1. The van der Waals surface area contributed by atoms with Gasteiger partial charge in [-0.05, 0) is 18.1 Å². The van der Waals surface area contributed by atoms with E-state index in [-0.39, 0.29) is 6.54 Å². The molecular formula is C12H15NO3. The minimum atomic E-state index is -1.68. The number of benzene rings is 1. The van der Waals surface area contributed by atoms with Crippen molar-refractivity contribution in [2.24, 2.45) is 0 Å². The third kappa shape index (κ3) is 2.08. The van der Waals surface area contributed by atoms with E-state index in [1.54, 1.807) is 0 Å². The second-order valence-corrected chi connectivity index (χ2v) is 4.49. The van der Waals surface area contributed by atoms with Crippen molar-refractivity contribution in [1.82, 2.24) is 4.90 Å². The highest BCUT2D eigenvalue weighted by atomic mass is 16.4. The van der Waals surface area contributed by atoms with E-state index in [1.165, 1.54) is 18.1 Å². The van der Waals surface area contributed by atoms with Crippen molar-refractivity contribution in [3.63, 3.8) is 0 Å². The van der Waals surface area contributed by atoms with Gasteiger partial charge >= 0.3 is 5.97 Å². The largest absolute Gasteiger partial charge is 0.479 e. The highest BCUT2D eigenvalue weighted by Crippen LogP contribution is 2.23. The van der Waals surface area contributed by atoms with Crippen molar-refractivity contribution in [1.29, 1.82) is 0 Å². The highest BCUT2D eigenvalue weighted by molar-refractivity contribution is 5.76. The van der Waals surface area contributed by atoms with Crippen LogP contribution in [0.5, 0.6) is 0 Å². The van der Waals surface area contributed by atoms with Gasteiger partial charge in [-0.3, -0.25) is 4.90 Å². The SMILES string of the molecule is CC(O)(CN1Cc2ccccc2C1)C(=O)O. The Bertz CT molecular complexity index is 389. The lowest BCUT2D eigenvalue weighted by Crippen LogP contribution is -2.45. The van der Waals surface area contributed by atoms with Crippen molar-refractivity contribution in [2.75, 3.05) is 6.54 Å². The molecule has 0 spiro atoms. The van der Waals surface area contributed by atoms with E-state index in [1.807, 2.05) is 29.2 Å². The summed E-state index contributed by atoms with van der Waals surface area (Å²) < 4.78 is 0. The number of hydrogen-bond donors (Lipinski definition) is 2. The van der Waals surface area contributed by atoms with E-state index in [4.69, 9.17) is 5.11 Å². The van der Waals surface area contributed by atoms with E-state index < -0.39 is 11.6 Å². The Hall–Kier alpha value is -1.39. The van der Waals surface area contributed by atoms with Crippen LogP contribution in [0.2, 0.25) is 0 Å². The maximum Gasteiger partial charge on any atom is 0.336 e. The molecule has 0 amide bonds. The van der Waals surface area contributed by atoms with Crippen LogP contribution in [0.15, 0.2) is 24.3 Å². The molecule has 86 valence electrons. The van der Waals surface area contributed by atoms with E-state index >= 15 is 0 Å². The molecule has 4 nitrogen and oxygen atoms in total. The number of carboxylic acid groups (broad SMARTS) is 1. The van der Waals surface area contributed by atoms with Crippen molar-refractivity contribution < 1.29 is 15.0 Å². The van der Waals surface area contributed by atoms with Crippen molar-refractivity contribution in [2.45, 2.75) is 25.6 Å². The van der Waals surface area contributed by atoms with Gasteiger partial charge in [-0.2, -0.15) is 0 Å². The van der Waals surface area contributed by atoms with E-state index in [0.29, 0.717) is 13.1 Å². The number of aliphatic carboxylic acids is 1. The standard InChI is InChI=1S/C12H15NO3/c1-12(16,11(14)15)8-13-6-9-4-2-3-5-10(9)7-13/h2-5,16H,6-8H2,1H3,(H,14,15). The van der Waals surface area contributed by atoms with E-state index in [2.05, 4.69) is 0 Å². The van der Waals surface area contributed by atoms with Gasteiger partial charge in [-0.1, -0.05) is 24.3 Å². The van der Waals surface area contributed by atoms with Gasteiger partial charge in [0.1, 0.15) is 0 Å². The Balaban J connectivity index is 2.05. The van der Waals surface area contributed by atoms with Crippen LogP contribution in [0.1, 0.15) is 18.1 Å². The quantitative estimate of drug-likeness (QED) is 0.794. The zero-order valence-electron chi connectivity index (χ0n) is 9.18. The Kier molecular flexibility index (Phi) is 2.69. The summed E-state index contributed by atoms with van der Waals surface area (Å²) in [7, 11) is 0. The zero-order valence-corrected chi connectivity index (χ0v) is 9.18. The monoisotopic (exact) mass is 221 g/mol. The van der Waals surface area contributed by atoms with Crippen LogP contribution in [0.4, 0.5) is 0 Å². The van der Waals surface area contributed by atoms with Crippen molar-refractivity contribution >= 4 is 5.97 Å². The molecule has 1 unspecified atom stereocenters. The molecular weight excluding hydrogens is 206 g/mol. The van der Waals surface area contributed by atoms with Crippen molar-refractivity contribution in [3.05, 3.63) is 35.4 Å². The van der Waals surface area contributed by atoms with Gasteiger partial charge in [0.05, 0.1) is 0 Å². The Morgan fingerprint density at radius 2 is 1.88 bits per heavy atom. The number of carbonyl (C=O) groups is 1. The molecule has 1 aromatic rings. The fourth-order valence-corrected chi connectivity index (χ4v) is 2.02. The number of fused-ring (bicyclic) bond motifs is 1. The van der Waals surface area contributed by atoms with Crippen LogP contribution in [0, 0.1) is 0 Å². The minimum Gasteiger partial charge on any atom is -0.479 e. The highest BCUT2D eigenvalue weighted by Gasteiger charge is 2.34. The molecule has 2 rings (SSSR count). The Morgan fingerprint density at radius 3 is 2.31 bits per heavy atom. The summed E-state index contributed by atoms with van der Waals surface area (Å²) in [6, 6.07) is 8.00. The van der Waals surface area contributed by atoms with Gasteiger partial charge in [-0.15, -0.1) is 0 Å². The Morgan fingerprint density at radius 1 is 1.38 bits per heavy atom. The fourth-order valence-electron chi connectivity index (χ4n) is 2.02. The lowest BCUT2D eigenvalue weighted by molar-refractivity contribution is -0.158. The average molecular weight is 221 g/mol. The summed E-state index contributed by atoms with van der Waals surface area (Å²) in [6.07, 6.45) is 0. The smallest absolute Gasteiger partial charge is 0.336 e. The topological polar surface area (TPSA) is 60.8 Å². The third-order valence-corrected chi connectivity index (χ3v) is 2.90. The average Bonchev–Trinajstić information content (AvgIpc) is 2.58. The molecule has 0 radical (unpaired) electrons. The van der Waals surface area contributed by atoms with E-state index in [0.717, 1.165) is 0 Å². The molecule has 0 aromatic heterocycles. The fraction of sp³-hybridized carbons (Fsp3) is 0.417. The molecule has 0 bridgehead atoms. The first-order valence-corrected chi connectivity index (χ1v) is 5.24. The van der Waals surface area contributed by atoms with Crippen LogP contribution < -0.4 is 0 Å². The number of nitrogens with zero attached hydrogens (tertiary/aromatic N) is 1. The van der Waals surface area contributed by atoms with Gasteiger partial charge in [0.25, 0.3) is 0 Å². The lowest BCUT2D eigenvalue weighted by atomic mass is 10.1. The van der Waals surface area contributed by atoms with Crippen LogP contribution in [0.3, 0.4) is 0 Å². The van der Waals surface area contributed by atoms with Crippen molar-refractivity contribution in [3.8, 4) is 0 Å². The van der Waals surface area contributed by atoms with Crippen LogP contribution in [-0.2, 0) is 17.9 Å². The molecule has 1 aromatic carbocycles. The number of rotatable bonds is 3. The molecule has 0 saturated heterocycles. The second-order valence-electron chi connectivity index (χ2n) is 4.49. The summed E-state index contributed by atoms with van der Waals surface area (Å²) in [5.41, 5.74) is 0.745. The number of hydrogen-bond acceptors (Lipinski definition) is 3. The van der Waals surface area contributed by atoms with Gasteiger partial charge in [0.2, 0.25) is 0 Å². The number of aliphatic hydroxyl groups is 1. The summed E-state index contributed by atoms with van der Waals surface area (Å²) in [4.78, 5) is 12.7. The maximum absolute atomic E-state index is 10.8. The molecule has 0 aliphatic carbocycles. The minimum absolute atomic E-state index is 0.150. The van der Waals surface area contributed by atoms with Gasteiger partial charge in [-0.25, -0.2) is 4.79 Å². The summed E-state index contributed by atoms with van der Waals surface area (Å²) >= 11 is 0. The zero-order chi connectivity index (χ0) is 11.8.